The molecule has 96 valence electrons. The highest BCUT2D eigenvalue weighted by Gasteiger charge is 2.06. The summed E-state index contributed by atoms with van der Waals surface area (Å²) in [6, 6.07) is 5.53. The number of aliphatic hydroxyl groups is 1. The summed E-state index contributed by atoms with van der Waals surface area (Å²) in [5.74, 6) is 0. The average Bonchev–Trinajstić information content (AvgIpc) is 2.28. The monoisotopic (exact) mass is 321 g/mol. The van der Waals surface area contributed by atoms with Gasteiger partial charge in [0.1, 0.15) is 0 Å². The topological polar surface area (TPSA) is 41.5 Å². The Kier molecular flexibility index (Phi) is 6.27. The number of hydrogen-bond acceptors (Lipinski definition) is 3. The second-order valence-electron chi connectivity index (χ2n) is 4.05. The molecule has 0 amide bonds. The van der Waals surface area contributed by atoms with Gasteiger partial charge in [0.25, 0.3) is 0 Å². The zero-order chi connectivity index (χ0) is 12.8. The molecule has 0 aromatic heterocycles. The van der Waals surface area contributed by atoms with Crippen LogP contribution in [0, 0.1) is 0 Å². The molecule has 0 radical (unpaired) electrons. The summed E-state index contributed by atoms with van der Waals surface area (Å²) in [7, 11) is 0. The number of benzene rings is 1. The predicted octanol–water partition coefficient (Wildman–Crippen LogP) is 3.30. The summed E-state index contributed by atoms with van der Waals surface area (Å²) in [6.45, 7) is 4.66. The van der Waals surface area contributed by atoms with Crippen molar-refractivity contribution in [1.29, 1.82) is 0 Å². The Bertz CT molecular complexity index is 360. The number of aliphatic hydroxyl groups excluding tert-OH is 1. The third-order valence-electron chi connectivity index (χ3n) is 2.08. The Labute approximate surface area is 115 Å². The lowest BCUT2D eigenvalue weighted by Gasteiger charge is -2.15. The third kappa shape index (κ3) is 5.73. The fourth-order valence-corrected chi connectivity index (χ4v) is 1.70. The molecule has 1 atom stereocenters. The summed E-state index contributed by atoms with van der Waals surface area (Å²) in [5.41, 5.74) is 0.907. The van der Waals surface area contributed by atoms with E-state index >= 15 is 0 Å². The van der Waals surface area contributed by atoms with Crippen molar-refractivity contribution in [3.63, 3.8) is 0 Å². The van der Waals surface area contributed by atoms with E-state index in [1.165, 1.54) is 0 Å². The summed E-state index contributed by atoms with van der Waals surface area (Å²) >= 11 is 9.23. The van der Waals surface area contributed by atoms with Crippen LogP contribution < -0.4 is 5.32 Å². The number of rotatable bonds is 6. The summed E-state index contributed by atoms with van der Waals surface area (Å²) < 4.78 is 6.15. The van der Waals surface area contributed by atoms with Gasteiger partial charge in [-0.2, -0.15) is 0 Å². The lowest BCUT2D eigenvalue weighted by Crippen LogP contribution is -2.26. The maximum atomic E-state index is 9.66. The molecule has 1 rings (SSSR count). The minimum absolute atomic E-state index is 0.134. The van der Waals surface area contributed by atoms with E-state index in [4.69, 9.17) is 16.3 Å². The molecule has 0 saturated heterocycles. The third-order valence-corrected chi connectivity index (χ3v) is 3.30. The van der Waals surface area contributed by atoms with Crippen LogP contribution in [0.15, 0.2) is 22.7 Å². The maximum Gasteiger partial charge on any atom is 0.0945 e. The van der Waals surface area contributed by atoms with E-state index < -0.39 is 6.10 Å². The molecule has 17 heavy (non-hydrogen) atoms. The quantitative estimate of drug-likeness (QED) is 0.844. The van der Waals surface area contributed by atoms with Crippen molar-refractivity contribution in [3.05, 3.63) is 27.7 Å². The number of ether oxygens (including phenoxy) is 1. The summed E-state index contributed by atoms with van der Waals surface area (Å²) in [4.78, 5) is 0. The molecule has 0 aliphatic rings. The van der Waals surface area contributed by atoms with Gasteiger partial charge in [0, 0.05) is 16.7 Å². The molecule has 0 aliphatic heterocycles. The first-order valence-electron chi connectivity index (χ1n) is 5.47. The minimum atomic E-state index is -0.521. The number of hydrogen-bond donors (Lipinski definition) is 2. The number of anilines is 1. The summed E-state index contributed by atoms with van der Waals surface area (Å²) in [5, 5.41) is 13.4. The molecule has 2 N–H and O–H groups in total. The highest BCUT2D eigenvalue weighted by molar-refractivity contribution is 9.10. The first-order chi connectivity index (χ1) is 7.99. The maximum absolute atomic E-state index is 9.66. The normalized spacial score (nSPS) is 12.8. The molecule has 0 fully saturated rings. The minimum Gasteiger partial charge on any atom is -0.389 e. The summed E-state index contributed by atoms with van der Waals surface area (Å²) in [6.07, 6.45) is -0.388. The van der Waals surface area contributed by atoms with Crippen molar-refractivity contribution in [2.75, 3.05) is 18.5 Å². The van der Waals surface area contributed by atoms with Gasteiger partial charge in [-0.25, -0.2) is 0 Å². The van der Waals surface area contributed by atoms with Crippen molar-refractivity contribution in [1.82, 2.24) is 0 Å². The number of halogens is 2. The zero-order valence-electron chi connectivity index (χ0n) is 9.91. The van der Waals surface area contributed by atoms with Crippen LogP contribution in [0.1, 0.15) is 13.8 Å². The standard InChI is InChI=1S/C12H17BrClNO2/c1-8(2)17-7-10(16)6-15-9-3-4-12(14)11(13)5-9/h3-5,8,10,15-16H,6-7H2,1-2H3. The van der Waals surface area contributed by atoms with E-state index in [9.17, 15) is 5.11 Å². The predicted molar refractivity (Wildman–Crippen MR) is 74.7 cm³/mol. The molecular formula is C12H17BrClNO2. The van der Waals surface area contributed by atoms with Gasteiger partial charge in [0.15, 0.2) is 0 Å². The van der Waals surface area contributed by atoms with Crippen molar-refractivity contribution in [2.24, 2.45) is 0 Å². The van der Waals surface area contributed by atoms with Crippen LogP contribution in [0.2, 0.25) is 5.02 Å². The molecule has 0 saturated carbocycles. The van der Waals surface area contributed by atoms with Gasteiger partial charge >= 0.3 is 0 Å². The lowest BCUT2D eigenvalue weighted by atomic mass is 10.3. The molecule has 0 aliphatic carbocycles. The molecule has 1 unspecified atom stereocenters. The van der Waals surface area contributed by atoms with Gasteiger partial charge in [0.2, 0.25) is 0 Å². The highest BCUT2D eigenvalue weighted by Crippen LogP contribution is 2.25. The second kappa shape index (κ2) is 7.21. The molecule has 0 spiro atoms. The van der Waals surface area contributed by atoms with Gasteiger partial charge in [-0.05, 0) is 48.0 Å². The van der Waals surface area contributed by atoms with Crippen LogP contribution in [-0.4, -0.2) is 30.5 Å². The van der Waals surface area contributed by atoms with E-state index in [2.05, 4.69) is 21.2 Å². The van der Waals surface area contributed by atoms with Crippen LogP contribution in [0.4, 0.5) is 5.69 Å². The van der Waals surface area contributed by atoms with Gasteiger partial charge < -0.3 is 15.2 Å². The number of nitrogens with one attached hydrogen (secondary N) is 1. The lowest BCUT2D eigenvalue weighted by molar-refractivity contribution is 0.0112. The first-order valence-corrected chi connectivity index (χ1v) is 6.64. The SMILES string of the molecule is CC(C)OCC(O)CNc1ccc(Cl)c(Br)c1. The van der Waals surface area contributed by atoms with E-state index in [-0.39, 0.29) is 6.10 Å². The Morgan fingerprint density at radius 3 is 2.76 bits per heavy atom. The first kappa shape index (κ1) is 14.8. The van der Waals surface area contributed by atoms with Crippen LogP contribution in [0.25, 0.3) is 0 Å². The Morgan fingerprint density at radius 1 is 1.47 bits per heavy atom. The van der Waals surface area contributed by atoms with Crippen molar-refractivity contribution in [3.8, 4) is 0 Å². The Balaban J connectivity index is 2.36. The van der Waals surface area contributed by atoms with Crippen LogP contribution in [0.5, 0.6) is 0 Å². The van der Waals surface area contributed by atoms with Gasteiger partial charge in [-0.3, -0.25) is 0 Å². The average molecular weight is 323 g/mol. The fourth-order valence-electron chi connectivity index (χ4n) is 1.20. The molecule has 1 aromatic carbocycles. The fraction of sp³-hybridized carbons (Fsp3) is 0.500. The van der Waals surface area contributed by atoms with Crippen LogP contribution in [-0.2, 0) is 4.74 Å². The largest absolute Gasteiger partial charge is 0.389 e. The Morgan fingerprint density at radius 2 is 2.18 bits per heavy atom. The van der Waals surface area contributed by atoms with E-state index in [1.54, 1.807) is 6.07 Å². The van der Waals surface area contributed by atoms with E-state index in [0.717, 1.165) is 10.2 Å². The molecule has 3 nitrogen and oxygen atoms in total. The smallest absolute Gasteiger partial charge is 0.0945 e. The molecule has 0 bridgehead atoms. The van der Waals surface area contributed by atoms with Crippen LogP contribution >= 0.6 is 27.5 Å². The van der Waals surface area contributed by atoms with Gasteiger partial charge in [0.05, 0.1) is 23.8 Å². The van der Waals surface area contributed by atoms with Crippen LogP contribution in [0.3, 0.4) is 0 Å². The van der Waals surface area contributed by atoms with Gasteiger partial charge in [-0.1, -0.05) is 11.6 Å². The van der Waals surface area contributed by atoms with E-state index in [1.807, 2.05) is 26.0 Å². The molecule has 0 heterocycles. The van der Waals surface area contributed by atoms with Crippen molar-refractivity contribution >= 4 is 33.2 Å². The van der Waals surface area contributed by atoms with Crippen molar-refractivity contribution < 1.29 is 9.84 Å². The Hall–Kier alpha value is -0.290. The molecule has 5 heteroatoms. The second-order valence-corrected chi connectivity index (χ2v) is 5.31. The highest BCUT2D eigenvalue weighted by atomic mass is 79.9. The van der Waals surface area contributed by atoms with Crippen molar-refractivity contribution in [2.45, 2.75) is 26.1 Å². The molecular weight excluding hydrogens is 305 g/mol. The molecule has 1 aromatic rings. The van der Waals surface area contributed by atoms with Gasteiger partial charge in [-0.15, -0.1) is 0 Å². The zero-order valence-corrected chi connectivity index (χ0v) is 12.3. The van der Waals surface area contributed by atoms with E-state index in [0.29, 0.717) is 18.2 Å².